The molecule has 19 heavy (non-hydrogen) atoms. The first kappa shape index (κ1) is 16.4. The van der Waals surface area contributed by atoms with E-state index in [0.717, 1.165) is 0 Å². The van der Waals surface area contributed by atoms with Crippen molar-refractivity contribution in [1.82, 2.24) is 0 Å². The summed E-state index contributed by atoms with van der Waals surface area (Å²) in [6.45, 7) is 6.06. The number of hydrogen-bond donors (Lipinski definition) is 2. The fraction of sp³-hybridized carbons (Fsp3) is 0.571. The lowest BCUT2D eigenvalue weighted by atomic mass is 10.1. The van der Waals surface area contributed by atoms with Crippen LogP contribution < -0.4 is 11.0 Å². The van der Waals surface area contributed by atoms with Gasteiger partial charge in [-0.1, -0.05) is 32.0 Å². The molecule has 1 rings (SSSR count). The number of benzene rings is 1. The summed E-state index contributed by atoms with van der Waals surface area (Å²) in [5, 5.41) is 10.9. The highest BCUT2D eigenvalue weighted by Crippen LogP contribution is 2.51. The maximum Gasteiger partial charge on any atom is 0.261 e. The van der Waals surface area contributed by atoms with Crippen LogP contribution in [0, 0.1) is 5.92 Å². The first-order chi connectivity index (χ1) is 8.91. The fourth-order valence-electron chi connectivity index (χ4n) is 2.05. The summed E-state index contributed by atoms with van der Waals surface area (Å²) < 4.78 is 18.4. The van der Waals surface area contributed by atoms with Crippen molar-refractivity contribution in [2.24, 2.45) is 11.7 Å². The van der Waals surface area contributed by atoms with Crippen LogP contribution >= 0.6 is 7.37 Å². The summed E-state index contributed by atoms with van der Waals surface area (Å²) in [6, 6.07) is 8.25. The topological polar surface area (TPSA) is 72.5 Å². The molecular weight excluding hydrogens is 261 g/mol. The van der Waals surface area contributed by atoms with Gasteiger partial charge >= 0.3 is 0 Å². The lowest BCUT2D eigenvalue weighted by molar-refractivity contribution is 0.179. The lowest BCUT2D eigenvalue weighted by Gasteiger charge is -2.28. The monoisotopic (exact) mass is 285 g/mol. The van der Waals surface area contributed by atoms with Gasteiger partial charge in [0.2, 0.25) is 0 Å². The van der Waals surface area contributed by atoms with Crippen molar-refractivity contribution < 1.29 is 14.2 Å². The molecule has 0 bridgehead atoms. The average Bonchev–Trinajstić information content (AvgIpc) is 2.38. The normalized spacial score (nSPS) is 18.0. The third kappa shape index (κ3) is 4.15. The Morgan fingerprint density at radius 1 is 1.32 bits per heavy atom. The third-order valence-electron chi connectivity index (χ3n) is 2.91. The second kappa shape index (κ2) is 7.20. The van der Waals surface area contributed by atoms with Crippen molar-refractivity contribution in [3.63, 3.8) is 0 Å². The SMILES string of the molecule is CCOP(=O)(c1ccccc1)C(O)[C@@H](N)CC(C)C. The van der Waals surface area contributed by atoms with Crippen molar-refractivity contribution in [2.75, 3.05) is 6.61 Å². The first-order valence-electron chi connectivity index (χ1n) is 6.65. The maximum absolute atomic E-state index is 13.0. The summed E-state index contributed by atoms with van der Waals surface area (Å²) in [5.41, 5.74) is 5.97. The van der Waals surface area contributed by atoms with Crippen molar-refractivity contribution >= 4 is 12.7 Å². The smallest absolute Gasteiger partial charge is 0.261 e. The molecule has 1 aromatic carbocycles. The molecular formula is C14H24NO3P. The quantitative estimate of drug-likeness (QED) is 0.754. The van der Waals surface area contributed by atoms with E-state index in [1.54, 1.807) is 31.2 Å². The molecule has 0 saturated heterocycles. The Morgan fingerprint density at radius 3 is 2.37 bits per heavy atom. The molecule has 0 spiro atoms. The maximum atomic E-state index is 13.0. The summed E-state index contributed by atoms with van der Waals surface area (Å²) in [5.74, 6) is -0.840. The lowest BCUT2D eigenvalue weighted by Crippen LogP contribution is -2.38. The zero-order valence-electron chi connectivity index (χ0n) is 11.8. The predicted molar refractivity (Wildman–Crippen MR) is 78.7 cm³/mol. The predicted octanol–water partition coefficient (Wildman–Crippen LogP) is 2.32. The average molecular weight is 285 g/mol. The minimum absolute atomic E-state index is 0.275. The van der Waals surface area contributed by atoms with E-state index >= 15 is 0 Å². The summed E-state index contributed by atoms with van der Waals surface area (Å²) in [7, 11) is -3.34. The van der Waals surface area contributed by atoms with Crippen molar-refractivity contribution in [2.45, 2.75) is 39.1 Å². The van der Waals surface area contributed by atoms with Crippen LogP contribution in [-0.4, -0.2) is 23.6 Å². The Kier molecular flexibility index (Phi) is 6.21. The van der Waals surface area contributed by atoms with E-state index in [2.05, 4.69) is 0 Å². The van der Waals surface area contributed by atoms with Crippen LogP contribution in [0.5, 0.6) is 0 Å². The van der Waals surface area contributed by atoms with Crippen LogP contribution in [-0.2, 0) is 9.09 Å². The zero-order chi connectivity index (χ0) is 14.5. The van der Waals surface area contributed by atoms with Gasteiger partial charge in [-0.15, -0.1) is 0 Å². The van der Waals surface area contributed by atoms with Gasteiger partial charge < -0.3 is 15.4 Å². The minimum Gasteiger partial charge on any atom is -0.381 e. The number of rotatable bonds is 7. The number of nitrogens with two attached hydrogens (primary N) is 1. The Hall–Kier alpha value is -0.670. The Balaban J connectivity index is 3.02. The van der Waals surface area contributed by atoms with E-state index in [-0.39, 0.29) is 6.61 Å². The van der Waals surface area contributed by atoms with Gasteiger partial charge in [-0.25, -0.2) is 0 Å². The molecule has 0 amide bonds. The highest BCUT2D eigenvalue weighted by molar-refractivity contribution is 7.67. The first-order valence-corrected chi connectivity index (χ1v) is 8.34. The van der Waals surface area contributed by atoms with Crippen LogP contribution in [0.3, 0.4) is 0 Å². The van der Waals surface area contributed by atoms with Crippen LogP contribution in [0.25, 0.3) is 0 Å². The fourth-order valence-corrected chi connectivity index (χ4v) is 4.25. The molecule has 0 aliphatic heterocycles. The molecule has 0 radical (unpaired) electrons. The van der Waals surface area contributed by atoms with E-state index in [1.165, 1.54) is 0 Å². The molecule has 0 heterocycles. The Bertz CT molecular complexity index is 422. The van der Waals surface area contributed by atoms with Crippen LogP contribution in [0.15, 0.2) is 30.3 Å². The zero-order valence-corrected chi connectivity index (χ0v) is 12.7. The molecule has 0 fully saturated rings. The summed E-state index contributed by atoms with van der Waals surface area (Å²) in [6.07, 6.45) is 0.602. The number of aliphatic hydroxyl groups excluding tert-OH is 1. The molecule has 0 aromatic heterocycles. The molecule has 0 saturated carbocycles. The number of aliphatic hydroxyl groups is 1. The molecule has 4 nitrogen and oxygen atoms in total. The van der Waals surface area contributed by atoms with Gasteiger partial charge in [0.05, 0.1) is 6.61 Å². The Morgan fingerprint density at radius 2 is 1.89 bits per heavy atom. The molecule has 3 atom stereocenters. The van der Waals surface area contributed by atoms with Crippen LogP contribution in [0.4, 0.5) is 0 Å². The molecule has 0 aliphatic carbocycles. The van der Waals surface area contributed by atoms with E-state index in [0.29, 0.717) is 17.6 Å². The van der Waals surface area contributed by atoms with Gasteiger partial charge in [0.25, 0.3) is 7.37 Å². The van der Waals surface area contributed by atoms with Gasteiger partial charge in [-0.3, -0.25) is 4.57 Å². The minimum atomic E-state index is -3.34. The highest BCUT2D eigenvalue weighted by atomic mass is 31.2. The van der Waals surface area contributed by atoms with Gasteiger partial charge in [0.15, 0.2) is 0 Å². The van der Waals surface area contributed by atoms with Crippen molar-refractivity contribution in [3.8, 4) is 0 Å². The van der Waals surface area contributed by atoms with Crippen molar-refractivity contribution in [3.05, 3.63) is 30.3 Å². The van der Waals surface area contributed by atoms with Gasteiger partial charge in [-0.05, 0) is 31.4 Å². The van der Waals surface area contributed by atoms with E-state index in [4.69, 9.17) is 10.3 Å². The molecule has 5 heteroatoms. The number of hydrogen-bond acceptors (Lipinski definition) is 4. The second-order valence-electron chi connectivity index (χ2n) is 5.06. The summed E-state index contributed by atoms with van der Waals surface area (Å²) >= 11 is 0. The molecule has 0 aliphatic rings. The molecule has 2 unspecified atom stereocenters. The van der Waals surface area contributed by atoms with Crippen LogP contribution in [0.2, 0.25) is 0 Å². The summed E-state index contributed by atoms with van der Waals surface area (Å²) in [4.78, 5) is 0. The van der Waals surface area contributed by atoms with Gasteiger partial charge in [0.1, 0.15) is 5.85 Å². The standard InChI is InChI=1S/C14H24NO3P/c1-4-18-19(17,12-8-6-5-7-9-12)14(16)13(15)10-11(2)3/h5-9,11,13-14,16H,4,10,15H2,1-3H3/t13-,14?,19?/m0/s1. The van der Waals surface area contributed by atoms with Gasteiger partial charge in [-0.2, -0.15) is 0 Å². The Labute approximate surface area is 115 Å². The van der Waals surface area contributed by atoms with E-state index in [1.807, 2.05) is 19.9 Å². The largest absolute Gasteiger partial charge is 0.381 e. The van der Waals surface area contributed by atoms with Crippen LogP contribution in [0.1, 0.15) is 27.2 Å². The highest BCUT2D eigenvalue weighted by Gasteiger charge is 2.38. The second-order valence-corrected chi connectivity index (χ2v) is 7.56. The van der Waals surface area contributed by atoms with Gasteiger partial charge in [0, 0.05) is 11.3 Å². The van der Waals surface area contributed by atoms with E-state index in [9.17, 15) is 9.67 Å². The van der Waals surface area contributed by atoms with E-state index < -0.39 is 19.3 Å². The molecule has 1 aromatic rings. The third-order valence-corrected chi connectivity index (χ3v) is 5.65. The molecule has 3 N–H and O–H groups in total. The van der Waals surface area contributed by atoms with Crippen molar-refractivity contribution in [1.29, 1.82) is 0 Å². The molecule has 108 valence electrons.